The lowest BCUT2D eigenvalue weighted by molar-refractivity contribution is 1.08. The largest absolute Gasteiger partial charge is 0.309 e. The van der Waals surface area contributed by atoms with E-state index in [0.29, 0.717) is 17.5 Å². The first-order chi connectivity index (χ1) is 31.2. The van der Waals surface area contributed by atoms with Crippen LogP contribution in [0.1, 0.15) is 0 Å². The number of para-hydroxylation sites is 2. The fourth-order valence-electron chi connectivity index (χ4n) is 8.97. The number of aromatic nitrogens is 6. The van der Waals surface area contributed by atoms with E-state index in [2.05, 4.69) is 162 Å². The standard InChI is InChI=1S/C55H32N6S2/c1-4-15-33(16-5-1)52-56-49(51-50(57-52)40-22-11-13-25-45(40)63-51)35-27-29-39-47(32-35)62-46-26-14-23-41(48(39)46)55-59-53(34-17-6-2-7-18-34)58-54(60-55)36-28-30-44-42(31-36)38-21-10-12-24-43(38)61(44)37-19-8-3-9-20-37/h1-32H. The van der Waals surface area contributed by atoms with Gasteiger partial charge in [-0.2, -0.15) is 0 Å². The van der Waals surface area contributed by atoms with Gasteiger partial charge in [-0.15, -0.1) is 22.7 Å². The Balaban J connectivity index is 0.988. The molecule has 0 aliphatic carbocycles. The van der Waals surface area contributed by atoms with Crippen molar-refractivity contribution in [2.75, 3.05) is 0 Å². The smallest absolute Gasteiger partial charge is 0.164 e. The summed E-state index contributed by atoms with van der Waals surface area (Å²) >= 11 is 3.53. The van der Waals surface area contributed by atoms with E-state index in [9.17, 15) is 0 Å². The van der Waals surface area contributed by atoms with E-state index in [1.54, 1.807) is 22.7 Å². The molecule has 8 heteroatoms. The van der Waals surface area contributed by atoms with Gasteiger partial charge in [0, 0.05) is 74.5 Å². The number of fused-ring (bicyclic) bond motifs is 9. The summed E-state index contributed by atoms with van der Waals surface area (Å²) in [5.41, 5.74) is 10.2. The first-order valence-electron chi connectivity index (χ1n) is 20.8. The van der Waals surface area contributed by atoms with Crippen LogP contribution in [-0.2, 0) is 0 Å². The van der Waals surface area contributed by atoms with Gasteiger partial charge >= 0.3 is 0 Å². The molecule has 0 fully saturated rings. The average Bonchev–Trinajstić information content (AvgIpc) is 4.03. The monoisotopic (exact) mass is 840 g/mol. The van der Waals surface area contributed by atoms with Gasteiger partial charge in [-0.05, 0) is 54.6 Å². The maximum absolute atomic E-state index is 5.31. The molecular weight excluding hydrogens is 809 g/mol. The van der Waals surface area contributed by atoms with Gasteiger partial charge in [-0.25, -0.2) is 24.9 Å². The van der Waals surface area contributed by atoms with Crippen LogP contribution in [-0.4, -0.2) is 29.5 Å². The van der Waals surface area contributed by atoms with Crippen LogP contribution in [0.5, 0.6) is 0 Å². The Morgan fingerprint density at radius 3 is 1.76 bits per heavy atom. The molecule has 0 radical (unpaired) electrons. The topological polar surface area (TPSA) is 69.4 Å². The minimum Gasteiger partial charge on any atom is -0.309 e. The summed E-state index contributed by atoms with van der Waals surface area (Å²) in [6, 6.07) is 67.9. The van der Waals surface area contributed by atoms with E-state index in [1.807, 2.05) is 36.4 Å². The lowest BCUT2D eigenvalue weighted by Crippen LogP contribution is -2.00. The second kappa shape index (κ2) is 14.3. The summed E-state index contributed by atoms with van der Waals surface area (Å²) in [6.45, 7) is 0. The molecule has 0 aliphatic rings. The first-order valence-corrected chi connectivity index (χ1v) is 22.5. The Labute approximate surface area is 369 Å². The number of thiophene rings is 2. The van der Waals surface area contributed by atoms with Gasteiger partial charge in [0.2, 0.25) is 0 Å². The van der Waals surface area contributed by atoms with E-state index in [-0.39, 0.29) is 0 Å². The van der Waals surface area contributed by atoms with Crippen molar-refractivity contribution in [2.24, 2.45) is 0 Å². The highest BCUT2D eigenvalue weighted by atomic mass is 32.1. The number of hydrogen-bond donors (Lipinski definition) is 0. The molecule has 0 saturated carbocycles. The van der Waals surface area contributed by atoms with Gasteiger partial charge in [0.25, 0.3) is 0 Å². The predicted octanol–water partition coefficient (Wildman–Crippen LogP) is 14.8. The molecule has 6 nitrogen and oxygen atoms in total. The minimum absolute atomic E-state index is 0.626. The third-order valence-corrected chi connectivity index (χ3v) is 14.2. The minimum atomic E-state index is 0.626. The molecule has 0 saturated heterocycles. The van der Waals surface area contributed by atoms with E-state index in [4.69, 9.17) is 24.9 Å². The van der Waals surface area contributed by atoms with Crippen molar-refractivity contribution >= 4 is 85.0 Å². The molecule has 294 valence electrons. The highest BCUT2D eigenvalue weighted by molar-refractivity contribution is 7.26. The molecule has 5 aromatic heterocycles. The number of nitrogens with zero attached hydrogens (tertiary/aromatic N) is 6. The summed E-state index contributed by atoms with van der Waals surface area (Å²) in [6.07, 6.45) is 0. The van der Waals surface area contributed by atoms with Gasteiger partial charge in [0.1, 0.15) is 0 Å². The van der Waals surface area contributed by atoms with Crippen LogP contribution >= 0.6 is 22.7 Å². The van der Waals surface area contributed by atoms with E-state index >= 15 is 0 Å². The molecule has 13 rings (SSSR count). The lowest BCUT2D eigenvalue weighted by Gasteiger charge is -2.10. The van der Waals surface area contributed by atoms with Crippen LogP contribution in [0.25, 0.3) is 125 Å². The van der Waals surface area contributed by atoms with Gasteiger partial charge < -0.3 is 4.57 Å². The zero-order valence-electron chi connectivity index (χ0n) is 33.5. The van der Waals surface area contributed by atoms with Crippen molar-refractivity contribution < 1.29 is 0 Å². The molecule has 5 heterocycles. The molecule has 0 bridgehead atoms. The SMILES string of the molecule is c1ccc(-c2nc(-c3ccc4c(c3)c3ccccc3n4-c3ccccc3)nc(-c3cccc4sc5cc(-c6nc(-c7ccccc7)nc7c6sc6ccccc67)ccc5c34)n2)cc1. The average molecular weight is 841 g/mol. The fraction of sp³-hybridized carbons (Fsp3) is 0. The molecule has 63 heavy (non-hydrogen) atoms. The maximum Gasteiger partial charge on any atom is 0.164 e. The van der Waals surface area contributed by atoms with Crippen LogP contribution in [0.2, 0.25) is 0 Å². The number of benzene rings is 8. The maximum atomic E-state index is 5.31. The normalized spacial score (nSPS) is 11.8. The predicted molar refractivity (Wildman–Crippen MR) is 263 cm³/mol. The summed E-state index contributed by atoms with van der Waals surface area (Å²) in [4.78, 5) is 26.1. The van der Waals surface area contributed by atoms with Crippen LogP contribution < -0.4 is 0 Å². The van der Waals surface area contributed by atoms with Gasteiger partial charge in [-0.1, -0.05) is 140 Å². The van der Waals surface area contributed by atoms with Gasteiger partial charge in [-0.3, -0.25) is 0 Å². The van der Waals surface area contributed by atoms with Crippen LogP contribution in [0, 0.1) is 0 Å². The van der Waals surface area contributed by atoms with Crippen molar-refractivity contribution in [1.82, 2.24) is 29.5 Å². The first kappa shape index (κ1) is 35.8. The quantitative estimate of drug-likeness (QED) is 0.167. The summed E-state index contributed by atoms with van der Waals surface area (Å²) in [5.74, 6) is 2.62. The molecule has 0 amide bonds. The molecule has 0 unspecified atom stereocenters. The molecule has 13 aromatic rings. The zero-order valence-corrected chi connectivity index (χ0v) is 35.1. The van der Waals surface area contributed by atoms with E-state index in [0.717, 1.165) is 92.5 Å². The Morgan fingerprint density at radius 1 is 0.349 bits per heavy atom. The Morgan fingerprint density at radius 2 is 0.968 bits per heavy atom. The van der Waals surface area contributed by atoms with E-state index in [1.165, 1.54) is 14.8 Å². The molecular formula is C55H32N6S2. The van der Waals surface area contributed by atoms with Crippen molar-refractivity contribution in [3.05, 3.63) is 194 Å². The van der Waals surface area contributed by atoms with Crippen LogP contribution in [0.4, 0.5) is 0 Å². The van der Waals surface area contributed by atoms with Gasteiger partial charge in [0.15, 0.2) is 23.3 Å². The zero-order chi connectivity index (χ0) is 41.4. The molecule has 8 aromatic carbocycles. The van der Waals surface area contributed by atoms with Crippen LogP contribution in [0.15, 0.2) is 194 Å². The fourth-order valence-corrected chi connectivity index (χ4v) is 11.3. The van der Waals surface area contributed by atoms with E-state index < -0.39 is 0 Å². The summed E-state index contributed by atoms with van der Waals surface area (Å²) in [7, 11) is 0. The third-order valence-electron chi connectivity index (χ3n) is 11.9. The Kier molecular flexibility index (Phi) is 8.15. The number of hydrogen-bond acceptors (Lipinski definition) is 7. The second-order valence-electron chi connectivity index (χ2n) is 15.6. The van der Waals surface area contributed by atoms with Gasteiger partial charge in [0.05, 0.1) is 26.9 Å². The molecule has 0 N–H and O–H groups in total. The van der Waals surface area contributed by atoms with Crippen LogP contribution in [0.3, 0.4) is 0 Å². The molecule has 0 aliphatic heterocycles. The summed E-state index contributed by atoms with van der Waals surface area (Å²) in [5, 5.41) is 5.75. The van der Waals surface area contributed by atoms with Crippen molar-refractivity contribution in [3.8, 4) is 62.5 Å². The third kappa shape index (κ3) is 5.87. The highest BCUT2D eigenvalue weighted by Gasteiger charge is 2.21. The highest BCUT2D eigenvalue weighted by Crippen LogP contribution is 2.44. The number of rotatable bonds is 6. The second-order valence-corrected chi connectivity index (χ2v) is 17.8. The molecule has 0 atom stereocenters. The van der Waals surface area contributed by atoms with Crippen molar-refractivity contribution in [1.29, 1.82) is 0 Å². The Bertz CT molecular complexity index is 3910. The summed E-state index contributed by atoms with van der Waals surface area (Å²) < 4.78 is 6.95. The Hall–Kier alpha value is -7.91. The van der Waals surface area contributed by atoms with Crippen molar-refractivity contribution in [3.63, 3.8) is 0 Å². The van der Waals surface area contributed by atoms with Crippen molar-refractivity contribution in [2.45, 2.75) is 0 Å². The lowest BCUT2D eigenvalue weighted by atomic mass is 10.0. The molecule has 0 spiro atoms.